The number of amides is 1. The molecule has 146 valence electrons. The fourth-order valence-corrected chi connectivity index (χ4v) is 6.21. The second kappa shape index (κ2) is 6.93. The Bertz CT molecular complexity index is 880. The van der Waals surface area contributed by atoms with Gasteiger partial charge in [-0.2, -0.15) is 8.42 Å². The summed E-state index contributed by atoms with van der Waals surface area (Å²) in [5.41, 5.74) is 0.579. The molecule has 1 saturated carbocycles. The van der Waals surface area contributed by atoms with Crippen molar-refractivity contribution in [2.75, 3.05) is 20.1 Å². The van der Waals surface area contributed by atoms with E-state index in [0.29, 0.717) is 29.3 Å². The molecule has 4 rings (SSSR count). The number of hydrogen-bond donors (Lipinski definition) is 0. The van der Waals surface area contributed by atoms with Crippen LogP contribution in [0.15, 0.2) is 33.6 Å². The second-order valence-corrected chi connectivity index (χ2v) is 9.68. The molecule has 0 aromatic heterocycles. The van der Waals surface area contributed by atoms with Gasteiger partial charge < -0.3 is 9.80 Å². The first-order chi connectivity index (χ1) is 12.9. The Morgan fingerprint density at radius 2 is 1.96 bits per heavy atom. The number of carbonyl (C=O) groups is 1. The predicted molar refractivity (Wildman–Crippen MR) is 104 cm³/mol. The van der Waals surface area contributed by atoms with Crippen LogP contribution in [0, 0.1) is 11.8 Å². The van der Waals surface area contributed by atoms with Gasteiger partial charge in [-0.1, -0.05) is 31.9 Å². The summed E-state index contributed by atoms with van der Waals surface area (Å²) in [7, 11) is -1.92. The van der Waals surface area contributed by atoms with E-state index in [-0.39, 0.29) is 17.3 Å². The third-order valence-corrected chi connectivity index (χ3v) is 7.73. The monoisotopic (exact) mass is 389 g/mol. The van der Waals surface area contributed by atoms with E-state index in [9.17, 15) is 13.2 Å². The largest absolute Gasteiger partial charge is 0.349 e. The smallest absolute Gasteiger partial charge is 0.285 e. The molecule has 0 N–H and O–H groups in total. The van der Waals surface area contributed by atoms with Crippen molar-refractivity contribution in [3.63, 3.8) is 0 Å². The Hall–Kier alpha value is -1.89. The molecule has 1 aliphatic carbocycles. The topological polar surface area (TPSA) is 70.1 Å². The quantitative estimate of drug-likeness (QED) is 0.779. The SMILES string of the molecule is CC1CCN(C(=O)CN(C)C2=NS(=O)(=O)c3ccccc32)C2CCCCC12. The fourth-order valence-electron chi connectivity index (χ4n) is 4.96. The van der Waals surface area contributed by atoms with Crippen LogP contribution in [0.4, 0.5) is 0 Å². The number of hydrogen-bond acceptors (Lipinski definition) is 4. The van der Waals surface area contributed by atoms with E-state index < -0.39 is 10.0 Å². The molecular weight excluding hydrogens is 362 g/mol. The lowest BCUT2D eigenvalue weighted by atomic mass is 9.72. The van der Waals surface area contributed by atoms with Crippen LogP contribution in [0.1, 0.15) is 44.6 Å². The summed E-state index contributed by atoms with van der Waals surface area (Å²) in [5.74, 6) is 1.72. The summed E-state index contributed by atoms with van der Waals surface area (Å²) in [6.45, 7) is 3.27. The van der Waals surface area contributed by atoms with Crippen LogP contribution in [-0.2, 0) is 14.8 Å². The van der Waals surface area contributed by atoms with Crippen LogP contribution >= 0.6 is 0 Å². The molecule has 1 aromatic carbocycles. The number of rotatable bonds is 2. The molecule has 2 fully saturated rings. The Morgan fingerprint density at radius 3 is 2.78 bits per heavy atom. The van der Waals surface area contributed by atoms with E-state index in [1.165, 1.54) is 19.3 Å². The number of amidine groups is 1. The second-order valence-electron chi connectivity index (χ2n) is 8.11. The average molecular weight is 390 g/mol. The third kappa shape index (κ3) is 3.26. The van der Waals surface area contributed by atoms with E-state index in [0.717, 1.165) is 19.4 Å². The lowest BCUT2D eigenvalue weighted by molar-refractivity contribution is -0.139. The van der Waals surface area contributed by atoms with Crippen LogP contribution in [0.3, 0.4) is 0 Å². The molecule has 1 amide bonds. The zero-order valence-corrected chi connectivity index (χ0v) is 16.8. The zero-order chi connectivity index (χ0) is 19.2. The van der Waals surface area contributed by atoms with Crippen molar-refractivity contribution in [1.29, 1.82) is 0 Å². The molecule has 0 bridgehead atoms. The van der Waals surface area contributed by atoms with E-state index in [2.05, 4.69) is 16.2 Å². The number of benzene rings is 1. The number of sulfonamides is 1. The van der Waals surface area contributed by atoms with Crippen LogP contribution in [0.5, 0.6) is 0 Å². The minimum atomic E-state index is -3.67. The summed E-state index contributed by atoms with van der Waals surface area (Å²) >= 11 is 0. The van der Waals surface area contributed by atoms with Gasteiger partial charge in [-0.05, 0) is 43.2 Å². The Morgan fingerprint density at radius 1 is 1.22 bits per heavy atom. The lowest BCUT2D eigenvalue weighted by Crippen LogP contribution is -2.54. The van der Waals surface area contributed by atoms with Crippen molar-refractivity contribution >= 4 is 21.8 Å². The Kier molecular flexibility index (Phi) is 4.74. The molecule has 3 atom stereocenters. The average Bonchev–Trinajstić information content (AvgIpc) is 2.94. The highest BCUT2D eigenvalue weighted by molar-refractivity contribution is 7.90. The molecule has 2 heterocycles. The highest BCUT2D eigenvalue weighted by Crippen LogP contribution is 2.39. The van der Waals surface area contributed by atoms with Gasteiger partial charge in [0, 0.05) is 25.2 Å². The number of carbonyl (C=O) groups excluding carboxylic acids is 1. The maximum Gasteiger partial charge on any atom is 0.285 e. The highest BCUT2D eigenvalue weighted by atomic mass is 32.2. The summed E-state index contributed by atoms with van der Waals surface area (Å²) in [6.07, 6.45) is 5.80. The van der Waals surface area contributed by atoms with Gasteiger partial charge in [-0.25, -0.2) is 0 Å². The van der Waals surface area contributed by atoms with Gasteiger partial charge in [0.25, 0.3) is 10.0 Å². The van der Waals surface area contributed by atoms with E-state index in [1.54, 1.807) is 36.2 Å². The summed E-state index contributed by atoms with van der Waals surface area (Å²) < 4.78 is 28.5. The molecule has 0 spiro atoms. The summed E-state index contributed by atoms with van der Waals surface area (Å²) in [5, 5.41) is 0. The van der Waals surface area contributed by atoms with Gasteiger partial charge >= 0.3 is 0 Å². The molecule has 1 saturated heterocycles. The number of likely N-dealkylation sites (N-methyl/N-ethyl adjacent to an activating group) is 1. The van der Waals surface area contributed by atoms with Gasteiger partial charge in [-0.3, -0.25) is 4.79 Å². The van der Waals surface area contributed by atoms with Crippen molar-refractivity contribution in [3.05, 3.63) is 29.8 Å². The van der Waals surface area contributed by atoms with Gasteiger partial charge in [0.1, 0.15) is 4.90 Å². The number of nitrogens with zero attached hydrogens (tertiary/aromatic N) is 3. The molecule has 7 heteroatoms. The Balaban J connectivity index is 1.52. The minimum Gasteiger partial charge on any atom is -0.349 e. The normalized spacial score (nSPS) is 28.9. The molecule has 1 aromatic rings. The van der Waals surface area contributed by atoms with Gasteiger partial charge in [0.2, 0.25) is 5.91 Å². The van der Waals surface area contributed by atoms with Crippen molar-refractivity contribution in [3.8, 4) is 0 Å². The summed E-state index contributed by atoms with van der Waals surface area (Å²) in [4.78, 5) is 17.0. The first-order valence-corrected chi connectivity index (χ1v) is 11.3. The predicted octanol–water partition coefficient (Wildman–Crippen LogP) is 2.49. The maximum atomic E-state index is 13.1. The molecule has 0 radical (unpaired) electrons. The fraction of sp³-hybridized carbons (Fsp3) is 0.600. The standard InChI is InChI=1S/C20H27N3O3S/c1-14-11-12-23(17-9-5-3-7-15(14)17)19(24)13-22(2)20-16-8-4-6-10-18(16)27(25,26)21-20/h4,6,8,10,14-15,17H,3,5,7,9,11-13H2,1-2H3. The molecular formula is C20H27N3O3S. The van der Waals surface area contributed by atoms with Crippen LogP contribution < -0.4 is 0 Å². The number of likely N-dealkylation sites (tertiary alicyclic amines) is 1. The first-order valence-electron chi connectivity index (χ1n) is 9.83. The molecule has 3 unspecified atom stereocenters. The van der Waals surface area contributed by atoms with E-state index in [4.69, 9.17) is 0 Å². The lowest BCUT2D eigenvalue weighted by Gasteiger charge is -2.47. The van der Waals surface area contributed by atoms with Gasteiger partial charge in [-0.15, -0.1) is 4.40 Å². The highest BCUT2D eigenvalue weighted by Gasteiger charge is 2.40. The van der Waals surface area contributed by atoms with Crippen LogP contribution in [0.25, 0.3) is 0 Å². The number of fused-ring (bicyclic) bond motifs is 2. The van der Waals surface area contributed by atoms with Crippen LogP contribution in [-0.4, -0.2) is 56.1 Å². The van der Waals surface area contributed by atoms with Gasteiger partial charge in [0.05, 0.1) is 6.54 Å². The zero-order valence-electron chi connectivity index (χ0n) is 16.0. The van der Waals surface area contributed by atoms with Crippen molar-refractivity contribution in [2.24, 2.45) is 16.2 Å². The minimum absolute atomic E-state index is 0.0748. The molecule has 27 heavy (non-hydrogen) atoms. The third-order valence-electron chi connectivity index (χ3n) is 6.41. The Labute approximate surface area is 161 Å². The van der Waals surface area contributed by atoms with E-state index >= 15 is 0 Å². The molecule has 2 aliphatic heterocycles. The molecule has 6 nitrogen and oxygen atoms in total. The summed E-state index contributed by atoms with van der Waals surface area (Å²) in [6, 6.07) is 7.14. The number of piperidine rings is 1. The van der Waals surface area contributed by atoms with Crippen molar-refractivity contribution < 1.29 is 13.2 Å². The van der Waals surface area contributed by atoms with Crippen molar-refractivity contribution in [1.82, 2.24) is 9.80 Å². The maximum absolute atomic E-state index is 13.1. The molecule has 3 aliphatic rings. The van der Waals surface area contributed by atoms with Gasteiger partial charge in [0.15, 0.2) is 5.84 Å². The first kappa shape index (κ1) is 18.5. The van der Waals surface area contributed by atoms with Crippen molar-refractivity contribution in [2.45, 2.75) is 50.0 Å². The van der Waals surface area contributed by atoms with Crippen LogP contribution in [0.2, 0.25) is 0 Å². The van der Waals surface area contributed by atoms with E-state index in [1.807, 2.05) is 0 Å².